The summed E-state index contributed by atoms with van der Waals surface area (Å²) in [6.45, 7) is 0.846. The quantitative estimate of drug-likeness (QED) is 0.492. The number of fused-ring (bicyclic) bond motifs is 2. The molecule has 3 heterocycles. The third-order valence-corrected chi connectivity index (χ3v) is 8.01. The number of thiazole rings is 1. The molecule has 0 radical (unpaired) electrons. The summed E-state index contributed by atoms with van der Waals surface area (Å²) in [6.07, 6.45) is 1.74. The van der Waals surface area contributed by atoms with Gasteiger partial charge in [-0.25, -0.2) is 18.2 Å². The minimum Gasteiger partial charge on any atom is -0.408 e. The lowest BCUT2D eigenvalue weighted by Gasteiger charge is -2.15. The van der Waals surface area contributed by atoms with E-state index in [1.165, 1.54) is 20.2 Å². The van der Waals surface area contributed by atoms with Gasteiger partial charge in [0, 0.05) is 13.1 Å². The normalized spacial score (nSPS) is 15.1. The van der Waals surface area contributed by atoms with Crippen LogP contribution in [0, 0.1) is 0 Å². The van der Waals surface area contributed by atoms with E-state index in [-0.39, 0.29) is 11.4 Å². The maximum atomic E-state index is 12.8. The van der Waals surface area contributed by atoms with Crippen LogP contribution in [0.15, 0.2) is 56.6 Å². The zero-order valence-corrected chi connectivity index (χ0v) is 17.9. The Kier molecular flexibility index (Phi) is 4.88. The number of hydrogen-bond acceptors (Lipinski definition) is 7. The second kappa shape index (κ2) is 7.59. The van der Waals surface area contributed by atoms with Crippen molar-refractivity contribution in [3.05, 3.63) is 53.0 Å². The van der Waals surface area contributed by atoms with Crippen LogP contribution in [0.2, 0.25) is 0 Å². The Bertz CT molecular complexity index is 1460. The van der Waals surface area contributed by atoms with Crippen molar-refractivity contribution in [2.45, 2.75) is 24.3 Å². The molecule has 11 heteroatoms. The van der Waals surface area contributed by atoms with Gasteiger partial charge >= 0.3 is 5.76 Å². The fourth-order valence-corrected chi connectivity index (χ4v) is 6.20. The Balaban J connectivity index is 1.37. The van der Waals surface area contributed by atoms with Crippen molar-refractivity contribution >= 4 is 53.7 Å². The molecule has 0 unspecified atom stereocenters. The molecule has 1 aliphatic rings. The highest BCUT2D eigenvalue weighted by Crippen LogP contribution is 2.30. The number of carbonyl (C=O) groups is 1. The van der Waals surface area contributed by atoms with E-state index in [4.69, 9.17) is 4.42 Å². The van der Waals surface area contributed by atoms with Gasteiger partial charge in [-0.05, 0) is 43.2 Å². The van der Waals surface area contributed by atoms with Gasteiger partial charge in [-0.2, -0.15) is 4.31 Å². The molecule has 160 valence electrons. The molecule has 0 atom stereocenters. The van der Waals surface area contributed by atoms with Crippen LogP contribution < -0.4 is 11.1 Å². The van der Waals surface area contributed by atoms with E-state index in [0.29, 0.717) is 39.5 Å². The average molecular weight is 459 g/mol. The van der Waals surface area contributed by atoms with Gasteiger partial charge in [-0.15, -0.1) is 0 Å². The fourth-order valence-electron chi connectivity index (χ4n) is 3.66. The van der Waals surface area contributed by atoms with Crippen molar-refractivity contribution in [2.24, 2.45) is 0 Å². The second-order valence-electron chi connectivity index (χ2n) is 7.23. The summed E-state index contributed by atoms with van der Waals surface area (Å²) in [6, 6.07) is 11.6. The van der Waals surface area contributed by atoms with Crippen LogP contribution >= 0.6 is 11.3 Å². The summed E-state index contributed by atoms with van der Waals surface area (Å²) in [7, 11) is -3.53. The molecule has 0 saturated carbocycles. The Morgan fingerprint density at radius 3 is 2.74 bits per heavy atom. The van der Waals surface area contributed by atoms with Gasteiger partial charge in [0.25, 0.3) is 0 Å². The predicted octanol–water partition coefficient (Wildman–Crippen LogP) is 2.63. The van der Waals surface area contributed by atoms with Crippen LogP contribution in [0.1, 0.15) is 12.8 Å². The van der Waals surface area contributed by atoms with Crippen molar-refractivity contribution in [1.29, 1.82) is 0 Å². The van der Waals surface area contributed by atoms with Crippen LogP contribution in [-0.4, -0.2) is 41.3 Å². The van der Waals surface area contributed by atoms with Gasteiger partial charge in [0.2, 0.25) is 15.9 Å². The van der Waals surface area contributed by atoms with E-state index in [2.05, 4.69) is 10.3 Å². The Morgan fingerprint density at radius 1 is 1.16 bits per heavy atom. The number of hydrogen-bond donors (Lipinski definition) is 1. The number of rotatable bonds is 5. The molecule has 2 aromatic heterocycles. The molecule has 1 N–H and O–H groups in total. The number of oxazole rings is 1. The van der Waals surface area contributed by atoms with Crippen molar-refractivity contribution in [3.8, 4) is 0 Å². The maximum Gasteiger partial charge on any atom is 0.420 e. The van der Waals surface area contributed by atoms with Gasteiger partial charge < -0.3 is 9.73 Å². The zero-order chi connectivity index (χ0) is 21.6. The summed E-state index contributed by atoms with van der Waals surface area (Å²) < 4.78 is 34.1. The van der Waals surface area contributed by atoms with Crippen LogP contribution in [0.3, 0.4) is 0 Å². The summed E-state index contributed by atoms with van der Waals surface area (Å²) in [4.78, 5) is 29.1. The highest BCUT2D eigenvalue weighted by molar-refractivity contribution is 7.89. The number of para-hydroxylation sites is 2. The van der Waals surface area contributed by atoms with E-state index in [0.717, 1.165) is 12.8 Å². The van der Waals surface area contributed by atoms with Crippen molar-refractivity contribution in [1.82, 2.24) is 13.9 Å². The Hall–Kier alpha value is -3.02. The molecule has 9 nitrogen and oxygen atoms in total. The molecular weight excluding hydrogens is 440 g/mol. The summed E-state index contributed by atoms with van der Waals surface area (Å²) in [5.74, 6) is -1.05. The Morgan fingerprint density at radius 2 is 1.94 bits per heavy atom. The number of anilines is 1. The molecule has 1 aliphatic heterocycles. The van der Waals surface area contributed by atoms with E-state index in [1.807, 2.05) is 0 Å². The molecule has 1 fully saturated rings. The van der Waals surface area contributed by atoms with E-state index >= 15 is 0 Å². The molecule has 0 bridgehead atoms. The standard InChI is InChI=1S/C20H18N4O5S2/c25-18(12-24-15-5-1-2-6-16(15)29-20(24)26)22-19-21-14-8-7-13(11-17(14)30-19)31(27,28)23-9-3-4-10-23/h1-2,5-8,11H,3-4,9-10,12H2,(H,21,22,25). The number of nitrogens with zero attached hydrogens (tertiary/aromatic N) is 3. The van der Waals surface area contributed by atoms with E-state index in [1.54, 1.807) is 42.5 Å². The van der Waals surface area contributed by atoms with Crippen LogP contribution in [0.4, 0.5) is 5.13 Å². The number of carbonyl (C=O) groups excluding carboxylic acids is 1. The van der Waals surface area contributed by atoms with Crippen molar-refractivity contribution in [3.63, 3.8) is 0 Å². The Labute approximate surface area is 181 Å². The number of aromatic nitrogens is 2. The molecule has 0 spiro atoms. The van der Waals surface area contributed by atoms with Gasteiger partial charge in [0.05, 0.1) is 20.6 Å². The lowest BCUT2D eigenvalue weighted by Crippen LogP contribution is -2.27. The van der Waals surface area contributed by atoms with Crippen LogP contribution in [-0.2, 0) is 21.4 Å². The third-order valence-electron chi connectivity index (χ3n) is 5.18. The lowest BCUT2D eigenvalue weighted by atomic mass is 10.3. The van der Waals surface area contributed by atoms with Gasteiger partial charge in [0.1, 0.15) is 6.54 Å². The van der Waals surface area contributed by atoms with Crippen molar-refractivity contribution in [2.75, 3.05) is 18.4 Å². The first kappa shape index (κ1) is 19.9. The molecule has 31 heavy (non-hydrogen) atoms. The summed E-state index contributed by atoms with van der Waals surface area (Å²) in [5, 5.41) is 3.01. The first-order chi connectivity index (χ1) is 14.9. The minimum atomic E-state index is -3.53. The largest absolute Gasteiger partial charge is 0.420 e. The fraction of sp³-hybridized carbons (Fsp3) is 0.250. The van der Waals surface area contributed by atoms with Crippen LogP contribution in [0.5, 0.6) is 0 Å². The molecule has 2 aromatic carbocycles. The van der Waals surface area contributed by atoms with E-state index < -0.39 is 21.7 Å². The SMILES string of the molecule is O=C(Cn1c(=O)oc2ccccc21)Nc1nc2ccc(S(=O)(=O)N3CCCC3)cc2s1. The lowest BCUT2D eigenvalue weighted by molar-refractivity contribution is -0.116. The average Bonchev–Trinajstić information content (AvgIpc) is 3.47. The second-order valence-corrected chi connectivity index (χ2v) is 10.2. The molecular formula is C20H18N4O5S2. The molecule has 4 aromatic rings. The van der Waals surface area contributed by atoms with Crippen molar-refractivity contribution < 1.29 is 17.6 Å². The van der Waals surface area contributed by atoms with Gasteiger partial charge in [-0.1, -0.05) is 23.5 Å². The minimum absolute atomic E-state index is 0.222. The number of benzene rings is 2. The van der Waals surface area contributed by atoms with Crippen LogP contribution in [0.25, 0.3) is 21.3 Å². The molecule has 0 aliphatic carbocycles. The number of sulfonamides is 1. The highest BCUT2D eigenvalue weighted by atomic mass is 32.2. The maximum absolute atomic E-state index is 12.8. The van der Waals surface area contributed by atoms with Gasteiger partial charge in [-0.3, -0.25) is 9.36 Å². The first-order valence-corrected chi connectivity index (χ1v) is 12.0. The highest BCUT2D eigenvalue weighted by Gasteiger charge is 2.27. The first-order valence-electron chi connectivity index (χ1n) is 9.71. The number of amides is 1. The molecule has 1 saturated heterocycles. The zero-order valence-electron chi connectivity index (χ0n) is 16.3. The van der Waals surface area contributed by atoms with Gasteiger partial charge in [0.15, 0.2) is 10.7 Å². The third kappa shape index (κ3) is 3.64. The monoisotopic (exact) mass is 458 g/mol. The molecule has 1 amide bonds. The summed E-state index contributed by atoms with van der Waals surface area (Å²) >= 11 is 1.18. The predicted molar refractivity (Wildman–Crippen MR) is 117 cm³/mol. The number of nitrogens with one attached hydrogen (secondary N) is 1. The smallest absolute Gasteiger partial charge is 0.408 e. The van der Waals surface area contributed by atoms with E-state index in [9.17, 15) is 18.0 Å². The molecule has 5 rings (SSSR count). The topological polar surface area (TPSA) is 115 Å². The summed E-state index contributed by atoms with van der Waals surface area (Å²) in [5.41, 5.74) is 1.53.